The molecule has 0 amide bonds. The minimum atomic E-state index is 0.607. The van der Waals surface area contributed by atoms with E-state index < -0.39 is 0 Å². The van der Waals surface area contributed by atoms with Crippen molar-refractivity contribution in [2.24, 2.45) is 0 Å². The Morgan fingerprint density at radius 2 is 2.20 bits per heavy atom. The molecule has 1 aromatic heterocycles. The number of likely N-dealkylation sites (N-methyl/N-ethyl adjacent to an activating group) is 1. The van der Waals surface area contributed by atoms with Gasteiger partial charge in [-0.05, 0) is 19.4 Å². The molecule has 0 spiro atoms. The van der Waals surface area contributed by atoms with Gasteiger partial charge in [-0.3, -0.25) is 0 Å². The highest BCUT2D eigenvalue weighted by molar-refractivity contribution is 7.09. The molecule has 0 saturated carbocycles. The van der Waals surface area contributed by atoms with Crippen molar-refractivity contribution in [3.05, 3.63) is 16.1 Å². The zero-order chi connectivity index (χ0) is 11.1. The highest BCUT2D eigenvalue weighted by Crippen LogP contribution is 2.14. The third-order valence-corrected chi connectivity index (χ3v) is 3.43. The minimum Gasteiger partial charge on any atom is -0.314 e. The van der Waals surface area contributed by atoms with Gasteiger partial charge in [0.25, 0.3) is 0 Å². The number of aromatic nitrogens is 1. The largest absolute Gasteiger partial charge is 0.314 e. The summed E-state index contributed by atoms with van der Waals surface area (Å²) in [7, 11) is 0. The summed E-state index contributed by atoms with van der Waals surface area (Å²) >= 11 is 1.80. The summed E-state index contributed by atoms with van der Waals surface area (Å²) in [5.41, 5.74) is 1.24. The number of rotatable bonds is 7. The lowest BCUT2D eigenvalue weighted by atomic mass is 10.1. The van der Waals surface area contributed by atoms with Crippen LogP contribution in [0.1, 0.15) is 44.3 Å². The summed E-state index contributed by atoms with van der Waals surface area (Å²) in [4.78, 5) is 4.61. The quantitative estimate of drug-likeness (QED) is 0.773. The smallest absolute Gasteiger partial charge is 0.0943 e. The highest BCUT2D eigenvalue weighted by atomic mass is 32.1. The molecule has 1 N–H and O–H groups in total. The number of nitrogens with zero attached hydrogens (tertiary/aromatic N) is 1. The summed E-state index contributed by atoms with van der Waals surface area (Å²) in [6, 6.07) is 0.607. The Bertz CT molecular complexity index is 264. The van der Waals surface area contributed by atoms with Crippen LogP contribution in [-0.4, -0.2) is 17.6 Å². The van der Waals surface area contributed by atoms with Crippen LogP contribution in [0.5, 0.6) is 0 Å². The zero-order valence-electron chi connectivity index (χ0n) is 10.0. The molecule has 15 heavy (non-hydrogen) atoms. The van der Waals surface area contributed by atoms with Crippen LogP contribution in [0.4, 0.5) is 0 Å². The van der Waals surface area contributed by atoms with Gasteiger partial charge in [-0.15, -0.1) is 11.3 Å². The van der Waals surface area contributed by atoms with E-state index in [1.807, 2.05) is 0 Å². The zero-order valence-corrected chi connectivity index (χ0v) is 10.9. The van der Waals surface area contributed by atoms with E-state index in [2.05, 4.69) is 36.5 Å². The molecule has 0 aromatic carbocycles. The van der Waals surface area contributed by atoms with Crippen LogP contribution in [0.25, 0.3) is 0 Å². The van der Waals surface area contributed by atoms with Crippen LogP contribution in [0, 0.1) is 0 Å². The van der Waals surface area contributed by atoms with Gasteiger partial charge < -0.3 is 5.32 Å². The van der Waals surface area contributed by atoms with Gasteiger partial charge in [0.2, 0.25) is 0 Å². The molecule has 2 nitrogen and oxygen atoms in total. The van der Waals surface area contributed by atoms with Gasteiger partial charge >= 0.3 is 0 Å². The first kappa shape index (κ1) is 12.7. The molecule has 3 heteroatoms. The Kier molecular flexibility index (Phi) is 5.88. The van der Waals surface area contributed by atoms with Crippen molar-refractivity contribution in [2.75, 3.05) is 6.54 Å². The SMILES string of the molecule is CCCC(Cc1nc(CC)cs1)NCC. The second kappa shape index (κ2) is 6.96. The number of thiazole rings is 1. The lowest BCUT2D eigenvalue weighted by molar-refractivity contribution is 0.485. The van der Waals surface area contributed by atoms with Crippen LogP contribution in [0.3, 0.4) is 0 Å². The van der Waals surface area contributed by atoms with Crippen molar-refractivity contribution in [2.45, 2.75) is 52.5 Å². The molecule has 86 valence electrons. The Hall–Kier alpha value is -0.410. The first-order chi connectivity index (χ1) is 7.30. The fourth-order valence-corrected chi connectivity index (χ4v) is 2.69. The monoisotopic (exact) mass is 226 g/mol. The normalized spacial score (nSPS) is 13.0. The highest BCUT2D eigenvalue weighted by Gasteiger charge is 2.09. The molecule has 0 aliphatic heterocycles. The lowest BCUT2D eigenvalue weighted by Crippen LogP contribution is -2.30. The van der Waals surface area contributed by atoms with Crippen molar-refractivity contribution in [1.29, 1.82) is 0 Å². The second-order valence-electron chi connectivity index (χ2n) is 3.83. The molecule has 0 bridgehead atoms. The van der Waals surface area contributed by atoms with Crippen LogP contribution in [-0.2, 0) is 12.8 Å². The Balaban J connectivity index is 2.48. The molecule has 1 unspecified atom stereocenters. The molecular formula is C12H22N2S. The fraction of sp³-hybridized carbons (Fsp3) is 0.750. The molecule has 1 rings (SSSR count). The molecule has 0 fully saturated rings. The van der Waals surface area contributed by atoms with Crippen LogP contribution in [0.15, 0.2) is 5.38 Å². The number of hydrogen-bond acceptors (Lipinski definition) is 3. The lowest BCUT2D eigenvalue weighted by Gasteiger charge is -2.15. The van der Waals surface area contributed by atoms with Gasteiger partial charge in [0.05, 0.1) is 10.7 Å². The predicted molar refractivity (Wildman–Crippen MR) is 67.6 cm³/mol. The van der Waals surface area contributed by atoms with Crippen molar-refractivity contribution >= 4 is 11.3 Å². The topological polar surface area (TPSA) is 24.9 Å². The number of hydrogen-bond donors (Lipinski definition) is 1. The van der Waals surface area contributed by atoms with E-state index in [4.69, 9.17) is 0 Å². The minimum absolute atomic E-state index is 0.607. The van der Waals surface area contributed by atoms with Gasteiger partial charge in [-0.2, -0.15) is 0 Å². The van der Waals surface area contributed by atoms with Crippen molar-refractivity contribution in [3.8, 4) is 0 Å². The Labute approximate surface area is 97.1 Å². The molecule has 1 atom stereocenters. The van der Waals surface area contributed by atoms with E-state index in [0.29, 0.717) is 6.04 Å². The third-order valence-electron chi connectivity index (χ3n) is 2.51. The van der Waals surface area contributed by atoms with Gasteiger partial charge in [0, 0.05) is 17.8 Å². The average Bonchev–Trinajstić information content (AvgIpc) is 2.66. The molecule has 1 heterocycles. The third kappa shape index (κ3) is 4.31. The van der Waals surface area contributed by atoms with E-state index in [1.54, 1.807) is 11.3 Å². The summed E-state index contributed by atoms with van der Waals surface area (Å²) in [5, 5.41) is 6.99. The average molecular weight is 226 g/mol. The Morgan fingerprint density at radius 1 is 1.40 bits per heavy atom. The Morgan fingerprint density at radius 3 is 2.73 bits per heavy atom. The van der Waals surface area contributed by atoms with E-state index >= 15 is 0 Å². The van der Waals surface area contributed by atoms with E-state index in [9.17, 15) is 0 Å². The number of aryl methyl sites for hydroxylation is 1. The molecule has 0 saturated heterocycles. The van der Waals surface area contributed by atoms with Crippen LogP contribution >= 0.6 is 11.3 Å². The summed E-state index contributed by atoms with van der Waals surface area (Å²) in [6.45, 7) is 7.62. The van der Waals surface area contributed by atoms with Crippen molar-refractivity contribution in [3.63, 3.8) is 0 Å². The van der Waals surface area contributed by atoms with E-state index in [-0.39, 0.29) is 0 Å². The van der Waals surface area contributed by atoms with Gasteiger partial charge in [-0.1, -0.05) is 27.2 Å². The molecule has 0 aliphatic carbocycles. The second-order valence-corrected chi connectivity index (χ2v) is 4.78. The molecule has 1 aromatic rings. The fourth-order valence-electron chi connectivity index (χ4n) is 1.73. The number of nitrogens with one attached hydrogen (secondary N) is 1. The maximum Gasteiger partial charge on any atom is 0.0943 e. The standard InChI is InChI=1S/C12H22N2S/c1-4-7-11(13-6-3)8-12-14-10(5-2)9-15-12/h9,11,13H,4-8H2,1-3H3. The van der Waals surface area contributed by atoms with Crippen LogP contribution in [0.2, 0.25) is 0 Å². The first-order valence-electron chi connectivity index (χ1n) is 5.96. The molecular weight excluding hydrogens is 204 g/mol. The first-order valence-corrected chi connectivity index (χ1v) is 6.84. The van der Waals surface area contributed by atoms with Gasteiger partial charge in [-0.25, -0.2) is 4.98 Å². The van der Waals surface area contributed by atoms with E-state index in [0.717, 1.165) is 19.4 Å². The molecule has 0 aliphatic rings. The van der Waals surface area contributed by atoms with E-state index in [1.165, 1.54) is 23.5 Å². The van der Waals surface area contributed by atoms with Gasteiger partial charge in [0.1, 0.15) is 0 Å². The molecule has 0 radical (unpaired) electrons. The van der Waals surface area contributed by atoms with Gasteiger partial charge in [0.15, 0.2) is 0 Å². The summed E-state index contributed by atoms with van der Waals surface area (Å²) in [5.74, 6) is 0. The summed E-state index contributed by atoms with van der Waals surface area (Å²) < 4.78 is 0. The van der Waals surface area contributed by atoms with Crippen LogP contribution < -0.4 is 5.32 Å². The maximum atomic E-state index is 4.61. The maximum absolute atomic E-state index is 4.61. The van der Waals surface area contributed by atoms with Crippen molar-refractivity contribution < 1.29 is 0 Å². The predicted octanol–water partition coefficient (Wildman–Crippen LogP) is 3.03. The summed E-state index contributed by atoms with van der Waals surface area (Å²) in [6.07, 6.45) is 4.63. The van der Waals surface area contributed by atoms with Crippen molar-refractivity contribution in [1.82, 2.24) is 10.3 Å².